The van der Waals surface area contributed by atoms with E-state index in [1.807, 2.05) is 38.1 Å². The first-order valence-electron chi connectivity index (χ1n) is 6.59. The van der Waals surface area contributed by atoms with Gasteiger partial charge in [-0.1, -0.05) is 23.4 Å². The lowest BCUT2D eigenvalue weighted by Crippen LogP contribution is -2.23. The molecule has 0 aliphatic rings. The average Bonchev–Trinajstić information content (AvgIpc) is 2.75. The molecule has 0 radical (unpaired) electrons. The standard InChI is InChI=1S/C15H19N3O2/c1-10-13(11(2)20-18-10)9-17-15(19)8-7-12-5-3-4-6-14(12)16/h3-6H,7-9,16H2,1-2H3,(H,17,19). The van der Waals surface area contributed by atoms with Crippen LogP contribution in [0, 0.1) is 13.8 Å². The quantitative estimate of drug-likeness (QED) is 0.818. The fourth-order valence-electron chi connectivity index (χ4n) is 2.04. The number of carbonyl (C=O) groups is 1. The molecule has 20 heavy (non-hydrogen) atoms. The van der Waals surface area contributed by atoms with Crippen LogP contribution in [0.2, 0.25) is 0 Å². The second kappa shape index (κ2) is 6.23. The van der Waals surface area contributed by atoms with Crippen LogP contribution < -0.4 is 11.1 Å². The number of rotatable bonds is 5. The van der Waals surface area contributed by atoms with Crippen LogP contribution in [0.15, 0.2) is 28.8 Å². The van der Waals surface area contributed by atoms with Crippen molar-refractivity contribution in [2.45, 2.75) is 33.2 Å². The van der Waals surface area contributed by atoms with Gasteiger partial charge in [-0.05, 0) is 31.9 Å². The lowest BCUT2D eigenvalue weighted by molar-refractivity contribution is -0.121. The summed E-state index contributed by atoms with van der Waals surface area (Å²) in [5, 5.41) is 6.73. The third-order valence-electron chi connectivity index (χ3n) is 3.32. The summed E-state index contributed by atoms with van der Waals surface area (Å²) in [6, 6.07) is 7.60. The van der Waals surface area contributed by atoms with Gasteiger partial charge in [-0.15, -0.1) is 0 Å². The highest BCUT2D eigenvalue weighted by Gasteiger charge is 2.10. The highest BCUT2D eigenvalue weighted by atomic mass is 16.5. The van der Waals surface area contributed by atoms with Gasteiger partial charge in [0.1, 0.15) is 5.76 Å². The second-order valence-electron chi connectivity index (χ2n) is 4.78. The summed E-state index contributed by atoms with van der Waals surface area (Å²) in [6.07, 6.45) is 1.05. The monoisotopic (exact) mass is 273 g/mol. The fraction of sp³-hybridized carbons (Fsp3) is 0.333. The van der Waals surface area contributed by atoms with Gasteiger partial charge in [0.2, 0.25) is 5.91 Å². The normalized spacial score (nSPS) is 10.5. The molecule has 1 heterocycles. The Labute approximate surface area is 118 Å². The summed E-state index contributed by atoms with van der Waals surface area (Å²) in [7, 11) is 0. The number of nitrogens with zero attached hydrogens (tertiary/aromatic N) is 1. The number of nitrogens with one attached hydrogen (secondary N) is 1. The van der Waals surface area contributed by atoms with Crippen LogP contribution in [0.1, 0.15) is 29.0 Å². The average molecular weight is 273 g/mol. The molecule has 0 fully saturated rings. The van der Waals surface area contributed by atoms with Gasteiger partial charge in [0, 0.05) is 24.2 Å². The van der Waals surface area contributed by atoms with Crippen molar-refractivity contribution in [1.82, 2.24) is 10.5 Å². The van der Waals surface area contributed by atoms with Gasteiger partial charge in [-0.3, -0.25) is 4.79 Å². The minimum absolute atomic E-state index is 0.00625. The van der Waals surface area contributed by atoms with E-state index in [0.29, 0.717) is 19.4 Å². The molecule has 5 nitrogen and oxygen atoms in total. The molecule has 106 valence electrons. The lowest BCUT2D eigenvalue weighted by atomic mass is 10.1. The zero-order valence-corrected chi connectivity index (χ0v) is 11.8. The summed E-state index contributed by atoms with van der Waals surface area (Å²) in [5.41, 5.74) is 9.33. The zero-order chi connectivity index (χ0) is 14.5. The number of aromatic nitrogens is 1. The van der Waals surface area contributed by atoms with Crippen LogP contribution in [0.3, 0.4) is 0 Å². The van der Waals surface area contributed by atoms with E-state index in [1.165, 1.54) is 0 Å². The number of anilines is 1. The highest BCUT2D eigenvalue weighted by molar-refractivity contribution is 5.76. The van der Waals surface area contributed by atoms with Crippen molar-refractivity contribution in [2.24, 2.45) is 0 Å². The summed E-state index contributed by atoms with van der Waals surface area (Å²) in [5.74, 6) is 0.739. The van der Waals surface area contributed by atoms with E-state index in [9.17, 15) is 4.79 Å². The van der Waals surface area contributed by atoms with Crippen molar-refractivity contribution in [3.8, 4) is 0 Å². The van der Waals surface area contributed by atoms with Gasteiger partial charge in [0.15, 0.2) is 0 Å². The van der Waals surface area contributed by atoms with Crippen LogP contribution in [0.5, 0.6) is 0 Å². The van der Waals surface area contributed by atoms with Crippen LogP contribution in [-0.2, 0) is 17.8 Å². The molecule has 3 N–H and O–H groups in total. The largest absolute Gasteiger partial charge is 0.399 e. The highest BCUT2D eigenvalue weighted by Crippen LogP contribution is 2.13. The molecule has 2 aromatic rings. The first-order valence-corrected chi connectivity index (χ1v) is 6.59. The Hall–Kier alpha value is -2.30. The van der Waals surface area contributed by atoms with Crippen LogP contribution in [0.25, 0.3) is 0 Å². The van der Waals surface area contributed by atoms with Gasteiger partial charge in [0.25, 0.3) is 0 Å². The summed E-state index contributed by atoms with van der Waals surface area (Å²) >= 11 is 0. The maximum absolute atomic E-state index is 11.8. The van der Waals surface area contributed by atoms with Crippen LogP contribution in [0.4, 0.5) is 5.69 Å². The van der Waals surface area contributed by atoms with Crippen molar-refractivity contribution >= 4 is 11.6 Å². The molecule has 0 atom stereocenters. The third kappa shape index (κ3) is 3.38. The Bertz CT molecular complexity index is 585. The SMILES string of the molecule is Cc1noc(C)c1CNC(=O)CCc1ccccc1N. The number of hydrogen-bond acceptors (Lipinski definition) is 4. The Balaban J connectivity index is 1.83. The second-order valence-corrected chi connectivity index (χ2v) is 4.78. The van der Waals surface area contributed by atoms with E-state index in [4.69, 9.17) is 10.3 Å². The first kappa shape index (κ1) is 14.1. The van der Waals surface area contributed by atoms with Gasteiger partial charge < -0.3 is 15.6 Å². The molecule has 1 aromatic heterocycles. The Kier molecular flexibility index (Phi) is 4.40. The van der Waals surface area contributed by atoms with Crippen molar-refractivity contribution in [3.63, 3.8) is 0 Å². The molecule has 2 rings (SSSR count). The van der Waals surface area contributed by atoms with E-state index in [-0.39, 0.29) is 5.91 Å². The Morgan fingerprint density at radius 1 is 1.35 bits per heavy atom. The van der Waals surface area contributed by atoms with Crippen molar-refractivity contribution in [3.05, 3.63) is 46.8 Å². The molecule has 0 aliphatic heterocycles. The van der Waals surface area contributed by atoms with Crippen LogP contribution in [-0.4, -0.2) is 11.1 Å². The van der Waals surface area contributed by atoms with Gasteiger partial charge in [-0.25, -0.2) is 0 Å². The summed E-state index contributed by atoms with van der Waals surface area (Å²) in [6.45, 7) is 4.15. The smallest absolute Gasteiger partial charge is 0.220 e. The Morgan fingerprint density at radius 2 is 2.10 bits per heavy atom. The van der Waals surface area contributed by atoms with Gasteiger partial charge in [-0.2, -0.15) is 0 Å². The van der Waals surface area contributed by atoms with Crippen molar-refractivity contribution in [2.75, 3.05) is 5.73 Å². The molecule has 5 heteroatoms. The number of carbonyl (C=O) groups excluding carboxylic acids is 1. The van der Waals surface area contributed by atoms with Gasteiger partial charge >= 0.3 is 0 Å². The predicted molar refractivity (Wildman–Crippen MR) is 77.0 cm³/mol. The number of nitrogen functional groups attached to an aromatic ring is 1. The predicted octanol–water partition coefficient (Wildman–Crippen LogP) is 2.12. The van der Waals surface area contributed by atoms with E-state index in [1.54, 1.807) is 0 Å². The topological polar surface area (TPSA) is 81.2 Å². The summed E-state index contributed by atoms with van der Waals surface area (Å²) < 4.78 is 5.05. The van der Waals surface area contributed by atoms with Crippen LogP contribution >= 0.6 is 0 Å². The van der Waals surface area contributed by atoms with Crippen molar-refractivity contribution in [1.29, 1.82) is 0 Å². The lowest BCUT2D eigenvalue weighted by Gasteiger charge is -2.06. The molecule has 0 aliphatic carbocycles. The zero-order valence-electron chi connectivity index (χ0n) is 11.8. The molecule has 0 bridgehead atoms. The number of amides is 1. The number of benzene rings is 1. The maximum Gasteiger partial charge on any atom is 0.220 e. The summed E-state index contributed by atoms with van der Waals surface area (Å²) in [4.78, 5) is 11.8. The third-order valence-corrected chi connectivity index (χ3v) is 3.32. The first-order chi connectivity index (χ1) is 9.58. The van der Waals surface area contributed by atoms with Gasteiger partial charge in [0.05, 0.1) is 5.69 Å². The minimum Gasteiger partial charge on any atom is -0.399 e. The fourth-order valence-corrected chi connectivity index (χ4v) is 2.04. The van der Waals surface area contributed by atoms with E-state index >= 15 is 0 Å². The van der Waals surface area contributed by atoms with E-state index in [0.717, 1.165) is 28.3 Å². The molecule has 0 unspecified atom stereocenters. The minimum atomic E-state index is -0.00625. The number of aryl methyl sites for hydroxylation is 3. The van der Waals surface area contributed by atoms with E-state index in [2.05, 4.69) is 10.5 Å². The Morgan fingerprint density at radius 3 is 2.75 bits per heavy atom. The number of hydrogen-bond donors (Lipinski definition) is 2. The van der Waals surface area contributed by atoms with E-state index < -0.39 is 0 Å². The van der Waals surface area contributed by atoms with Crippen molar-refractivity contribution < 1.29 is 9.32 Å². The molecule has 1 aromatic carbocycles. The molecule has 0 saturated carbocycles. The molecular formula is C15H19N3O2. The molecular weight excluding hydrogens is 254 g/mol. The molecule has 1 amide bonds. The molecule has 0 spiro atoms. The number of para-hydroxylation sites is 1. The molecule has 0 saturated heterocycles. The maximum atomic E-state index is 11.8. The number of nitrogens with two attached hydrogens (primary N) is 1.